The van der Waals surface area contributed by atoms with E-state index in [9.17, 15) is 14.9 Å². The van der Waals surface area contributed by atoms with Gasteiger partial charge in [0.25, 0.3) is 5.91 Å². The molecule has 27 heavy (non-hydrogen) atoms. The topological polar surface area (TPSA) is 88.4 Å². The Bertz CT molecular complexity index is 902. The first kappa shape index (κ1) is 19.2. The van der Waals surface area contributed by atoms with Crippen LogP contribution in [0.25, 0.3) is 0 Å². The maximum absolute atomic E-state index is 12.1. The predicted octanol–water partition coefficient (Wildman–Crippen LogP) is 3.71. The van der Waals surface area contributed by atoms with Gasteiger partial charge in [-0.2, -0.15) is 5.26 Å². The van der Waals surface area contributed by atoms with Crippen molar-refractivity contribution in [2.24, 2.45) is 0 Å². The normalized spacial score (nSPS) is 13.4. The Hall–Kier alpha value is -2.56. The Morgan fingerprint density at radius 1 is 1.33 bits per heavy atom. The molecule has 1 aromatic carbocycles. The molecule has 0 saturated heterocycles. The molecular formula is C19H17ClN2O4S. The van der Waals surface area contributed by atoms with Crippen LogP contribution in [0.4, 0.5) is 5.00 Å². The first-order valence-electron chi connectivity index (χ1n) is 8.41. The molecule has 0 radical (unpaired) electrons. The Morgan fingerprint density at radius 2 is 2.07 bits per heavy atom. The number of thiophene rings is 1. The molecule has 140 valence electrons. The van der Waals surface area contributed by atoms with Crippen molar-refractivity contribution >= 4 is 39.8 Å². The summed E-state index contributed by atoms with van der Waals surface area (Å²) >= 11 is 7.21. The number of benzene rings is 1. The van der Waals surface area contributed by atoms with Gasteiger partial charge in [0.1, 0.15) is 16.8 Å². The van der Waals surface area contributed by atoms with Gasteiger partial charge in [-0.1, -0.05) is 11.6 Å². The Labute approximate surface area is 165 Å². The summed E-state index contributed by atoms with van der Waals surface area (Å²) in [5.41, 5.74) is 1.55. The molecule has 1 aromatic heterocycles. The van der Waals surface area contributed by atoms with E-state index in [-0.39, 0.29) is 0 Å². The number of rotatable bonds is 6. The standard InChI is InChI=1S/C19H17ClN2O4S/c1-11(26-13-7-5-12(20)6-8-13)19(24)25-10-17(23)22-18-15(9-21)14-3-2-4-16(14)27-18/h5-8,11H,2-4,10H2,1H3,(H,22,23). The smallest absolute Gasteiger partial charge is 0.347 e. The molecule has 1 N–H and O–H groups in total. The van der Waals surface area contributed by atoms with E-state index in [1.54, 1.807) is 24.3 Å². The van der Waals surface area contributed by atoms with Crippen molar-refractivity contribution in [2.75, 3.05) is 11.9 Å². The SMILES string of the molecule is CC(Oc1ccc(Cl)cc1)C(=O)OCC(=O)Nc1sc2c(c1C#N)CCC2. The fraction of sp³-hybridized carbons (Fsp3) is 0.316. The van der Waals surface area contributed by atoms with Crippen LogP contribution in [0.2, 0.25) is 5.02 Å². The van der Waals surface area contributed by atoms with Gasteiger partial charge in [0.15, 0.2) is 12.7 Å². The number of hydrogen-bond acceptors (Lipinski definition) is 6. The van der Waals surface area contributed by atoms with E-state index in [1.165, 1.54) is 18.3 Å². The minimum atomic E-state index is -0.876. The number of aryl methyl sites for hydroxylation is 1. The molecule has 1 aliphatic rings. The summed E-state index contributed by atoms with van der Waals surface area (Å²) in [7, 11) is 0. The third-order valence-electron chi connectivity index (χ3n) is 4.09. The number of fused-ring (bicyclic) bond motifs is 1. The fourth-order valence-electron chi connectivity index (χ4n) is 2.79. The van der Waals surface area contributed by atoms with Crippen molar-refractivity contribution in [2.45, 2.75) is 32.3 Å². The number of ether oxygens (including phenoxy) is 2. The number of carbonyl (C=O) groups is 2. The van der Waals surface area contributed by atoms with E-state index < -0.39 is 24.6 Å². The molecular weight excluding hydrogens is 388 g/mol. The zero-order chi connectivity index (χ0) is 19.4. The van der Waals surface area contributed by atoms with E-state index in [1.807, 2.05) is 0 Å². The van der Waals surface area contributed by atoms with Crippen LogP contribution in [-0.4, -0.2) is 24.6 Å². The van der Waals surface area contributed by atoms with Crippen LogP contribution in [0.1, 0.15) is 29.3 Å². The zero-order valence-electron chi connectivity index (χ0n) is 14.6. The highest BCUT2D eigenvalue weighted by atomic mass is 35.5. The molecule has 0 saturated carbocycles. The van der Waals surface area contributed by atoms with Crippen molar-refractivity contribution in [3.8, 4) is 11.8 Å². The van der Waals surface area contributed by atoms with Gasteiger partial charge in [0.2, 0.25) is 0 Å². The minimum absolute atomic E-state index is 0.444. The second kappa shape index (κ2) is 8.42. The van der Waals surface area contributed by atoms with E-state index in [0.29, 0.717) is 21.3 Å². The molecule has 0 fully saturated rings. The van der Waals surface area contributed by atoms with Gasteiger partial charge in [-0.25, -0.2) is 4.79 Å². The molecule has 1 heterocycles. The number of nitrogens with zero attached hydrogens (tertiary/aromatic N) is 1. The number of nitriles is 1. The number of esters is 1. The van der Waals surface area contributed by atoms with Crippen LogP contribution in [0.3, 0.4) is 0 Å². The molecule has 1 atom stereocenters. The van der Waals surface area contributed by atoms with Gasteiger partial charge in [0.05, 0.1) is 5.56 Å². The Morgan fingerprint density at radius 3 is 2.78 bits per heavy atom. The highest BCUT2D eigenvalue weighted by molar-refractivity contribution is 7.16. The van der Waals surface area contributed by atoms with Crippen molar-refractivity contribution in [3.63, 3.8) is 0 Å². The maximum atomic E-state index is 12.1. The lowest BCUT2D eigenvalue weighted by Gasteiger charge is -2.14. The third-order valence-corrected chi connectivity index (χ3v) is 5.55. The van der Waals surface area contributed by atoms with E-state index >= 15 is 0 Å². The van der Waals surface area contributed by atoms with Crippen molar-refractivity contribution < 1.29 is 19.1 Å². The largest absolute Gasteiger partial charge is 0.479 e. The summed E-state index contributed by atoms with van der Waals surface area (Å²) in [5, 5.41) is 13.1. The first-order valence-corrected chi connectivity index (χ1v) is 9.60. The van der Waals surface area contributed by atoms with Crippen LogP contribution >= 0.6 is 22.9 Å². The van der Waals surface area contributed by atoms with Gasteiger partial charge < -0.3 is 14.8 Å². The molecule has 1 amide bonds. The van der Waals surface area contributed by atoms with Gasteiger partial charge >= 0.3 is 5.97 Å². The van der Waals surface area contributed by atoms with E-state index in [0.717, 1.165) is 29.7 Å². The number of hydrogen-bond donors (Lipinski definition) is 1. The highest BCUT2D eigenvalue weighted by Crippen LogP contribution is 2.38. The number of halogens is 1. The number of amides is 1. The molecule has 0 spiro atoms. The van der Waals surface area contributed by atoms with Crippen LogP contribution in [0.5, 0.6) is 5.75 Å². The first-order chi connectivity index (χ1) is 13.0. The second-order valence-electron chi connectivity index (χ2n) is 6.04. The maximum Gasteiger partial charge on any atom is 0.347 e. The molecule has 8 heteroatoms. The number of nitrogens with one attached hydrogen (secondary N) is 1. The average Bonchev–Trinajstić information content (AvgIpc) is 3.22. The van der Waals surface area contributed by atoms with Crippen molar-refractivity contribution in [1.82, 2.24) is 0 Å². The van der Waals surface area contributed by atoms with E-state index in [2.05, 4.69) is 11.4 Å². The Kier molecular flexibility index (Phi) is 5.99. The lowest BCUT2D eigenvalue weighted by atomic mass is 10.1. The van der Waals surface area contributed by atoms with Gasteiger partial charge in [-0.15, -0.1) is 11.3 Å². The van der Waals surface area contributed by atoms with E-state index in [4.69, 9.17) is 21.1 Å². The summed E-state index contributed by atoms with van der Waals surface area (Å²) < 4.78 is 10.5. The van der Waals surface area contributed by atoms with Crippen LogP contribution < -0.4 is 10.1 Å². The summed E-state index contributed by atoms with van der Waals surface area (Å²) in [4.78, 5) is 25.2. The highest BCUT2D eigenvalue weighted by Gasteiger charge is 2.24. The second-order valence-corrected chi connectivity index (χ2v) is 7.58. The minimum Gasteiger partial charge on any atom is -0.479 e. The lowest BCUT2D eigenvalue weighted by Crippen LogP contribution is -2.29. The zero-order valence-corrected chi connectivity index (χ0v) is 16.2. The van der Waals surface area contributed by atoms with Gasteiger partial charge in [0, 0.05) is 9.90 Å². The molecule has 6 nitrogen and oxygen atoms in total. The van der Waals surface area contributed by atoms with Gasteiger partial charge in [-0.05, 0) is 56.0 Å². The molecule has 1 unspecified atom stereocenters. The number of anilines is 1. The van der Waals surface area contributed by atoms with Crippen molar-refractivity contribution in [1.29, 1.82) is 5.26 Å². The third kappa shape index (κ3) is 4.59. The quantitative estimate of drug-likeness (QED) is 0.741. The van der Waals surface area contributed by atoms with Crippen molar-refractivity contribution in [3.05, 3.63) is 45.3 Å². The fourth-order valence-corrected chi connectivity index (χ4v) is 4.17. The summed E-state index contributed by atoms with van der Waals surface area (Å²) in [5.74, 6) is -0.673. The lowest BCUT2D eigenvalue weighted by molar-refractivity contribution is -0.153. The van der Waals surface area contributed by atoms with Gasteiger partial charge in [-0.3, -0.25) is 4.79 Å². The molecule has 0 aliphatic heterocycles. The average molecular weight is 405 g/mol. The molecule has 0 bridgehead atoms. The predicted molar refractivity (Wildman–Crippen MR) is 102 cm³/mol. The van der Waals surface area contributed by atoms with Crippen LogP contribution in [-0.2, 0) is 27.2 Å². The monoisotopic (exact) mass is 404 g/mol. The Balaban J connectivity index is 1.51. The number of carbonyl (C=O) groups excluding carboxylic acids is 2. The van der Waals surface area contributed by atoms with Crippen LogP contribution in [0, 0.1) is 11.3 Å². The summed E-state index contributed by atoms with van der Waals surface area (Å²) in [6.07, 6.45) is 1.95. The molecule has 3 rings (SSSR count). The summed E-state index contributed by atoms with van der Waals surface area (Å²) in [6.45, 7) is 1.09. The molecule has 2 aromatic rings. The molecule has 1 aliphatic carbocycles. The summed E-state index contributed by atoms with van der Waals surface area (Å²) in [6, 6.07) is 8.72. The van der Waals surface area contributed by atoms with Crippen LogP contribution in [0.15, 0.2) is 24.3 Å².